The summed E-state index contributed by atoms with van der Waals surface area (Å²) < 4.78 is 0. The minimum atomic E-state index is -0.214. The number of nitrogens with one attached hydrogen (secondary N) is 1. The average Bonchev–Trinajstić information content (AvgIpc) is 3.02. The van der Waals surface area contributed by atoms with Crippen molar-refractivity contribution in [3.05, 3.63) is 42.0 Å². The molecule has 0 amide bonds. The lowest BCUT2D eigenvalue weighted by atomic mass is 9.61. The lowest BCUT2D eigenvalue weighted by Crippen LogP contribution is -2.36. The molecule has 4 nitrogen and oxygen atoms in total. The van der Waals surface area contributed by atoms with E-state index in [0.717, 1.165) is 34.1 Å². The fourth-order valence-corrected chi connectivity index (χ4v) is 3.29. The van der Waals surface area contributed by atoms with Crippen LogP contribution in [0, 0.1) is 5.41 Å². The largest absolute Gasteiger partial charge is 0.508 e. The van der Waals surface area contributed by atoms with Crippen molar-refractivity contribution in [2.75, 3.05) is 0 Å². The van der Waals surface area contributed by atoms with Gasteiger partial charge in [0.15, 0.2) is 0 Å². The van der Waals surface area contributed by atoms with Crippen LogP contribution < -0.4 is 0 Å². The van der Waals surface area contributed by atoms with Gasteiger partial charge in [-0.1, -0.05) is 70.5 Å². The second-order valence-electron chi connectivity index (χ2n) is 7.58. The van der Waals surface area contributed by atoms with E-state index in [0.29, 0.717) is 5.75 Å². The quantitative estimate of drug-likeness (QED) is 0.706. The highest BCUT2D eigenvalue weighted by atomic mass is 16.3. The summed E-state index contributed by atoms with van der Waals surface area (Å²) in [6.45, 7) is 11.1. The Bertz CT molecular complexity index is 877. The molecule has 4 heteroatoms. The molecule has 0 radical (unpaired) electrons. The monoisotopic (exact) mass is 323 g/mol. The molecule has 0 saturated carbocycles. The maximum absolute atomic E-state index is 10.7. The number of aromatic hydroxyl groups is 1. The summed E-state index contributed by atoms with van der Waals surface area (Å²) in [5.74, 6) is 0.333. The van der Waals surface area contributed by atoms with Crippen molar-refractivity contribution in [2.45, 2.75) is 46.5 Å². The van der Waals surface area contributed by atoms with Crippen molar-refractivity contribution in [1.29, 1.82) is 0 Å². The molecule has 1 heterocycles. The van der Waals surface area contributed by atoms with Gasteiger partial charge in [0.25, 0.3) is 0 Å². The van der Waals surface area contributed by atoms with Gasteiger partial charge in [0.1, 0.15) is 11.3 Å². The van der Waals surface area contributed by atoms with Crippen molar-refractivity contribution in [3.8, 4) is 16.9 Å². The summed E-state index contributed by atoms with van der Waals surface area (Å²) in [6.07, 6.45) is 1.02. The Morgan fingerprint density at radius 3 is 2.38 bits per heavy atom. The van der Waals surface area contributed by atoms with E-state index in [9.17, 15) is 5.11 Å². The Balaban J connectivity index is 2.32. The van der Waals surface area contributed by atoms with E-state index in [1.54, 1.807) is 6.07 Å². The van der Waals surface area contributed by atoms with Crippen LogP contribution in [0.15, 0.2) is 36.4 Å². The fraction of sp³-hybridized carbons (Fsp3) is 0.400. The number of aromatic amines is 1. The molecule has 0 saturated heterocycles. The molecule has 1 aromatic heterocycles. The van der Waals surface area contributed by atoms with Crippen LogP contribution in [0.5, 0.6) is 5.75 Å². The molecular weight excluding hydrogens is 298 g/mol. The van der Waals surface area contributed by atoms with Gasteiger partial charge in [0.2, 0.25) is 0 Å². The van der Waals surface area contributed by atoms with Crippen molar-refractivity contribution in [2.24, 2.45) is 5.41 Å². The zero-order chi connectivity index (χ0) is 17.5. The molecule has 0 atom stereocenters. The van der Waals surface area contributed by atoms with Crippen LogP contribution in [0.4, 0.5) is 0 Å². The predicted octanol–water partition coefficient (Wildman–Crippen LogP) is 5.04. The highest BCUT2D eigenvalue weighted by Crippen LogP contribution is 2.50. The lowest BCUT2D eigenvalue weighted by Gasteiger charge is -2.43. The van der Waals surface area contributed by atoms with Gasteiger partial charge in [-0.3, -0.25) is 5.10 Å². The third-order valence-electron chi connectivity index (χ3n) is 5.89. The maximum atomic E-state index is 10.7. The van der Waals surface area contributed by atoms with E-state index < -0.39 is 0 Å². The standard InChI is InChI=1S/C20H25N3O/c1-6-19(2,3)20(4,5)17-13(9-8-12-16(17)24)14-10-7-11-15-18(14)22-23-21-15/h7-12,24H,6H2,1-5H3,(H,21,22,23). The molecule has 0 spiro atoms. The molecule has 3 rings (SSSR count). The summed E-state index contributed by atoms with van der Waals surface area (Å²) >= 11 is 0. The van der Waals surface area contributed by atoms with Gasteiger partial charge in [-0.15, -0.1) is 5.10 Å². The van der Waals surface area contributed by atoms with E-state index in [1.807, 2.05) is 24.3 Å². The van der Waals surface area contributed by atoms with E-state index in [-0.39, 0.29) is 10.8 Å². The predicted molar refractivity (Wildman–Crippen MR) is 98.1 cm³/mol. The molecule has 24 heavy (non-hydrogen) atoms. The summed E-state index contributed by atoms with van der Waals surface area (Å²) in [5, 5.41) is 21.8. The third kappa shape index (κ3) is 2.37. The van der Waals surface area contributed by atoms with Crippen molar-refractivity contribution < 1.29 is 5.11 Å². The number of hydrogen-bond acceptors (Lipinski definition) is 3. The highest BCUT2D eigenvalue weighted by molar-refractivity contribution is 5.93. The highest BCUT2D eigenvalue weighted by Gasteiger charge is 2.40. The van der Waals surface area contributed by atoms with E-state index in [1.165, 1.54) is 0 Å². The Labute approximate surface area is 142 Å². The Morgan fingerprint density at radius 1 is 1.00 bits per heavy atom. The zero-order valence-electron chi connectivity index (χ0n) is 15.0. The van der Waals surface area contributed by atoms with Crippen molar-refractivity contribution in [3.63, 3.8) is 0 Å². The van der Waals surface area contributed by atoms with Gasteiger partial charge >= 0.3 is 0 Å². The van der Waals surface area contributed by atoms with Gasteiger partial charge in [-0.2, -0.15) is 0 Å². The first kappa shape index (κ1) is 16.5. The Kier molecular flexibility index (Phi) is 3.86. The van der Waals surface area contributed by atoms with Crippen LogP contribution in [-0.4, -0.2) is 20.5 Å². The van der Waals surface area contributed by atoms with Crippen LogP contribution in [0.1, 0.15) is 46.6 Å². The topological polar surface area (TPSA) is 61.8 Å². The average molecular weight is 323 g/mol. The number of fused-ring (bicyclic) bond motifs is 1. The second kappa shape index (κ2) is 5.62. The molecule has 0 fully saturated rings. The number of nitrogens with zero attached hydrogens (tertiary/aromatic N) is 2. The van der Waals surface area contributed by atoms with Gasteiger partial charge in [0, 0.05) is 11.1 Å². The first-order valence-electron chi connectivity index (χ1n) is 8.42. The molecule has 0 bridgehead atoms. The van der Waals surface area contributed by atoms with Crippen LogP contribution >= 0.6 is 0 Å². The minimum Gasteiger partial charge on any atom is -0.508 e. The summed E-state index contributed by atoms with van der Waals surface area (Å²) in [7, 11) is 0. The maximum Gasteiger partial charge on any atom is 0.120 e. The first-order chi connectivity index (χ1) is 11.3. The normalized spacial score (nSPS) is 12.7. The summed E-state index contributed by atoms with van der Waals surface area (Å²) in [4.78, 5) is 0. The number of aromatic nitrogens is 3. The van der Waals surface area contributed by atoms with Crippen molar-refractivity contribution in [1.82, 2.24) is 15.4 Å². The number of benzene rings is 2. The van der Waals surface area contributed by atoms with Gasteiger partial charge in [-0.05, 0) is 28.5 Å². The van der Waals surface area contributed by atoms with E-state index in [2.05, 4.69) is 56.1 Å². The molecule has 3 aromatic rings. The molecule has 2 aromatic carbocycles. The van der Waals surface area contributed by atoms with Crippen LogP contribution in [0.2, 0.25) is 0 Å². The van der Waals surface area contributed by atoms with Gasteiger partial charge in [0.05, 0.1) is 5.52 Å². The van der Waals surface area contributed by atoms with Crippen LogP contribution in [-0.2, 0) is 5.41 Å². The number of phenolic OH excluding ortho intramolecular Hbond substituents is 1. The number of H-pyrrole nitrogens is 1. The second-order valence-corrected chi connectivity index (χ2v) is 7.58. The van der Waals surface area contributed by atoms with Crippen molar-refractivity contribution >= 4 is 11.0 Å². The molecule has 0 unspecified atom stereocenters. The third-order valence-corrected chi connectivity index (χ3v) is 5.89. The molecule has 126 valence electrons. The van der Waals surface area contributed by atoms with Gasteiger partial charge < -0.3 is 5.11 Å². The molecule has 2 N–H and O–H groups in total. The Hall–Kier alpha value is -2.36. The van der Waals surface area contributed by atoms with E-state index in [4.69, 9.17) is 0 Å². The SMILES string of the molecule is CCC(C)(C)C(C)(C)c1c(O)cccc1-c1cccc2[nH]nnc12. The van der Waals surface area contributed by atoms with Crippen LogP contribution in [0.25, 0.3) is 22.2 Å². The zero-order valence-corrected chi connectivity index (χ0v) is 15.0. The summed E-state index contributed by atoms with van der Waals surface area (Å²) in [6, 6.07) is 11.7. The summed E-state index contributed by atoms with van der Waals surface area (Å²) in [5.41, 5.74) is 4.51. The Morgan fingerprint density at radius 2 is 1.67 bits per heavy atom. The molecule has 0 aliphatic carbocycles. The number of hydrogen-bond donors (Lipinski definition) is 2. The first-order valence-corrected chi connectivity index (χ1v) is 8.42. The molecular formula is C20H25N3O. The number of phenols is 1. The molecule has 0 aliphatic rings. The van der Waals surface area contributed by atoms with E-state index >= 15 is 0 Å². The fourth-order valence-electron chi connectivity index (χ4n) is 3.29. The lowest BCUT2D eigenvalue weighted by molar-refractivity contribution is 0.185. The number of rotatable bonds is 4. The minimum absolute atomic E-state index is 0.0261. The molecule has 0 aliphatic heterocycles. The van der Waals surface area contributed by atoms with Crippen LogP contribution in [0.3, 0.4) is 0 Å². The van der Waals surface area contributed by atoms with Gasteiger partial charge in [-0.25, -0.2) is 0 Å². The smallest absolute Gasteiger partial charge is 0.120 e.